The van der Waals surface area contributed by atoms with Crippen LogP contribution in [0, 0.1) is 0 Å². The van der Waals surface area contributed by atoms with E-state index in [2.05, 4.69) is 39.8 Å². The molecule has 0 fully saturated rings. The highest BCUT2D eigenvalue weighted by Crippen LogP contribution is 2.25. The van der Waals surface area contributed by atoms with Crippen LogP contribution in [0.4, 0.5) is 0 Å². The van der Waals surface area contributed by atoms with Crippen LogP contribution in [-0.4, -0.2) is 8.07 Å². The molecule has 0 spiro atoms. The van der Waals surface area contributed by atoms with Gasteiger partial charge in [-0.1, -0.05) is 70.8 Å². The van der Waals surface area contributed by atoms with Gasteiger partial charge in [0.1, 0.15) is 0 Å². The Morgan fingerprint density at radius 2 is 1.43 bits per heavy atom. The second kappa shape index (κ2) is 8.28. The van der Waals surface area contributed by atoms with Gasteiger partial charge in [-0.05, 0) is 12.5 Å². The SMILES string of the molecule is CCCC/C=C/C[Si](CC)(CC)CC. The molecule has 0 aromatic heterocycles. The first-order valence-corrected chi connectivity index (χ1v) is 9.22. The molecule has 0 heterocycles. The molecular formula is C13H28Si. The maximum Gasteiger partial charge on any atom is 0.0565 e. The lowest BCUT2D eigenvalue weighted by Gasteiger charge is -2.26. The first-order chi connectivity index (χ1) is 6.74. The maximum absolute atomic E-state index is 2.47. The van der Waals surface area contributed by atoms with Crippen molar-refractivity contribution in [1.82, 2.24) is 0 Å². The Labute approximate surface area is 91.8 Å². The molecule has 14 heavy (non-hydrogen) atoms. The second-order valence-electron chi connectivity index (χ2n) is 4.38. The molecule has 1 heteroatoms. The zero-order valence-corrected chi connectivity index (χ0v) is 11.6. The third-order valence-electron chi connectivity index (χ3n) is 3.69. The molecule has 0 aromatic carbocycles. The number of hydrogen-bond donors (Lipinski definition) is 0. The number of unbranched alkanes of at least 4 members (excludes halogenated alkanes) is 2. The highest BCUT2D eigenvalue weighted by molar-refractivity contribution is 6.80. The van der Waals surface area contributed by atoms with E-state index in [4.69, 9.17) is 0 Å². The Hall–Kier alpha value is -0.0431. The number of rotatable bonds is 8. The van der Waals surface area contributed by atoms with Gasteiger partial charge in [0.2, 0.25) is 0 Å². The van der Waals surface area contributed by atoms with Crippen molar-refractivity contribution in [3.05, 3.63) is 12.2 Å². The molecule has 0 aliphatic heterocycles. The highest BCUT2D eigenvalue weighted by atomic mass is 28.3. The van der Waals surface area contributed by atoms with Crippen molar-refractivity contribution in [3.63, 3.8) is 0 Å². The van der Waals surface area contributed by atoms with Gasteiger partial charge in [0, 0.05) is 0 Å². The van der Waals surface area contributed by atoms with E-state index in [0.717, 1.165) is 0 Å². The molecule has 0 aromatic rings. The Balaban J connectivity index is 3.86. The first kappa shape index (κ1) is 14.0. The van der Waals surface area contributed by atoms with Crippen LogP contribution < -0.4 is 0 Å². The van der Waals surface area contributed by atoms with Crippen molar-refractivity contribution in [3.8, 4) is 0 Å². The van der Waals surface area contributed by atoms with Crippen LogP contribution in [-0.2, 0) is 0 Å². The smallest absolute Gasteiger partial charge is 0.0565 e. The average molecular weight is 212 g/mol. The van der Waals surface area contributed by atoms with E-state index in [9.17, 15) is 0 Å². The normalized spacial score (nSPS) is 12.6. The molecule has 0 radical (unpaired) electrons. The standard InChI is InChI=1S/C13H28Si/c1-5-9-10-11-12-13-14(6-2,7-3)8-4/h11-12H,5-10,13H2,1-4H3/b12-11+. The minimum absolute atomic E-state index is 0.864. The quantitative estimate of drug-likeness (QED) is 0.293. The van der Waals surface area contributed by atoms with Crippen molar-refractivity contribution in [2.24, 2.45) is 0 Å². The molecule has 0 nitrogen and oxygen atoms in total. The van der Waals surface area contributed by atoms with E-state index in [1.54, 1.807) is 0 Å². The van der Waals surface area contributed by atoms with Crippen LogP contribution in [0.15, 0.2) is 12.2 Å². The van der Waals surface area contributed by atoms with Crippen LogP contribution in [0.3, 0.4) is 0 Å². The van der Waals surface area contributed by atoms with Gasteiger partial charge in [-0.2, -0.15) is 0 Å². The fourth-order valence-corrected chi connectivity index (χ4v) is 4.99. The van der Waals surface area contributed by atoms with E-state index in [1.807, 2.05) is 0 Å². The Morgan fingerprint density at radius 3 is 1.86 bits per heavy atom. The van der Waals surface area contributed by atoms with Gasteiger partial charge in [-0.15, -0.1) is 0 Å². The van der Waals surface area contributed by atoms with E-state index in [0.29, 0.717) is 0 Å². The molecule has 0 unspecified atom stereocenters. The van der Waals surface area contributed by atoms with Crippen molar-refractivity contribution >= 4 is 8.07 Å². The van der Waals surface area contributed by atoms with Crippen molar-refractivity contribution in [2.45, 2.75) is 71.1 Å². The molecule has 84 valence electrons. The van der Waals surface area contributed by atoms with Crippen molar-refractivity contribution in [1.29, 1.82) is 0 Å². The Bertz CT molecular complexity index is 137. The van der Waals surface area contributed by atoms with Crippen LogP contribution in [0.5, 0.6) is 0 Å². The molecular weight excluding hydrogens is 184 g/mol. The summed E-state index contributed by atoms with van der Waals surface area (Å²) >= 11 is 0. The fourth-order valence-electron chi connectivity index (χ4n) is 1.96. The third-order valence-corrected chi connectivity index (χ3v) is 9.29. The highest BCUT2D eigenvalue weighted by Gasteiger charge is 2.24. The zero-order chi connectivity index (χ0) is 10.9. The molecule has 0 amide bonds. The van der Waals surface area contributed by atoms with E-state index >= 15 is 0 Å². The summed E-state index contributed by atoms with van der Waals surface area (Å²) < 4.78 is 0. The molecule has 0 saturated carbocycles. The third kappa shape index (κ3) is 4.99. The zero-order valence-electron chi connectivity index (χ0n) is 10.6. The lowest BCUT2D eigenvalue weighted by molar-refractivity contribution is 0.814. The summed E-state index contributed by atoms with van der Waals surface area (Å²) in [5, 5.41) is 0. The van der Waals surface area contributed by atoms with Gasteiger partial charge in [-0.3, -0.25) is 0 Å². The van der Waals surface area contributed by atoms with Gasteiger partial charge in [0.25, 0.3) is 0 Å². The molecule has 0 rings (SSSR count). The summed E-state index contributed by atoms with van der Waals surface area (Å²) in [7, 11) is -0.864. The van der Waals surface area contributed by atoms with Gasteiger partial charge >= 0.3 is 0 Å². The van der Waals surface area contributed by atoms with Gasteiger partial charge < -0.3 is 0 Å². The number of hydrogen-bond acceptors (Lipinski definition) is 0. The summed E-state index contributed by atoms with van der Waals surface area (Å²) in [6, 6.07) is 5.79. The molecule has 0 saturated heterocycles. The lowest BCUT2D eigenvalue weighted by Crippen LogP contribution is -2.29. The largest absolute Gasteiger partial charge is 0.0912 e. The monoisotopic (exact) mass is 212 g/mol. The first-order valence-electron chi connectivity index (χ1n) is 6.39. The lowest BCUT2D eigenvalue weighted by atomic mass is 10.2. The summed E-state index contributed by atoms with van der Waals surface area (Å²) in [6.07, 6.45) is 8.85. The molecule has 0 aliphatic rings. The van der Waals surface area contributed by atoms with Crippen molar-refractivity contribution < 1.29 is 0 Å². The minimum atomic E-state index is -0.864. The van der Waals surface area contributed by atoms with Crippen LogP contribution in [0.25, 0.3) is 0 Å². The summed E-state index contributed by atoms with van der Waals surface area (Å²) in [5.74, 6) is 0. The van der Waals surface area contributed by atoms with E-state index in [-0.39, 0.29) is 0 Å². The average Bonchev–Trinajstić information content (AvgIpc) is 2.24. The molecule has 0 atom stereocenters. The van der Waals surface area contributed by atoms with Gasteiger partial charge in [0.15, 0.2) is 0 Å². The Kier molecular flexibility index (Phi) is 8.25. The molecule has 0 N–H and O–H groups in total. The van der Waals surface area contributed by atoms with E-state index < -0.39 is 8.07 Å². The maximum atomic E-state index is 2.47. The molecule has 0 bridgehead atoms. The fraction of sp³-hybridized carbons (Fsp3) is 0.846. The van der Waals surface area contributed by atoms with Gasteiger partial charge in [0.05, 0.1) is 8.07 Å². The van der Waals surface area contributed by atoms with Crippen LogP contribution >= 0.6 is 0 Å². The summed E-state index contributed by atoms with van der Waals surface area (Å²) in [5.41, 5.74) is 0. The van der Waals surface area contributed by atoms with Crippen molar-refractivity contribution in [2.75, 3.05) is 0 Å². The summed E-state index contributed by atoms with van der Waals surface area (Å²) in [6.45, 7) is 9.42. The van der Waals surface area contributed by atoms with E-state index in [1.165, 1.54) is 43.4 Å². The Morgan fingerprint density at radius 1 is 0.857 bits per heavy atom. The summed E-state index contributed by atoms with van der Waals surface area (Å²) in [4.78, 5) is 0. The number of allylic oxidation sites excluding steroid dienone is 2. The predicted molar refractivity (Wildman–Crippen MR) is 70.7 cm³/mol. The predicted octanol–water partition coefficient (Wildman–Crippen LogP) is 5.24. The second-order valence-corrected chi connectivity index (χ2v) is 9.91. The van der Waals surface area contributed by atoms with Gasteiger partial charge in [-0.25, -0.2) is 0 Å². The topological polar surface area (TPSA) is 0 Å². The van der Waals surface area contributed by atoms with Crippen LogP contribution in [0.2, 0.25) is 24.2 Å². The minimum Gasteiger partial charge on any atom is -0.0912 e. The molecule has 0 aliphatic carbocycles. The van der Waals surface area contributed by atoms with Crippen LogP contribution in [0.1, 0.15) is 47.0 Å².